The lowest BCUT2D eigenvalue weighted by molar-refractivity contribution is -0.168. The highest BCUT2D eigenvalue weighted by Crippen LogP contribution is 2.13. The zero-order chi connectivity index (χ0) is 16.1. The third-order valence-electron chi connectivity index (χ3n) is 3.07. The monoisotopic (exact) mass is 326 g/mol. The van der Waals surface area contributed by atoms with Crippen molar-refractivity contribution in [1.82, 2.24) is 10.4 Å². The molecule has 1 aliphatic heterocycles. The summed E-state index contributed by atoms with van der Waals surface area (Å²) in [5.41, 5.74) is 0. The van der Waals surface area contributed by atoms with Crippen molar-refractivity contribution in [3.63, 3.8) is 0 Å². The van der Waals surface area contributed by atoms with Crippen LogP contribution in [0.5, 0.6) is 0 Å². The van der Waals surface area contributed by atoms with E-state index < -0.39 is 31.5 Å². The molecule has 0 spiro atoms. The Morgan fingerprint density at radius 3 is 2.95 bits per heavy atom. The Hall–Kier alpha value is -1.91. The van der Waals surface area contributed by atoms with E-state index >= 15 is 0 Å². The van der Waals surface area contributed by atoms with Gasteiger partial charge in [-0.1, -0.05) is 6.07 Å². The van der Waals surface area contributed by atoms with Gasteiger partial charge in [0.25, 0.3) is 0 Å². The molecule has 1 aromatic rings. The minimum absolute atomic E-state index is 0.0196. The average molecular weight is 326 g/mol. The van der Waals surface area contributed by atoms with Gasteiger partial charge in [0.05, 0.1) is 12.4 Å². The molecule has 1 aliphatic rings. The van der Waals surface area contributed by atoms with Gasteiger partial charge < -0.3 is 15.4 Å². The van der Waals surface area contributed by atoms with E-state index in [-0.39, 0.29) is 25.2 Å². The smallest absolute Gasteiger partial charge is 0.480 e. The summed E-state index contributed by atoms with van der Waals surface area (Å²) in [6.07, 6.45) is 0.328. The predicted molar refractivity (Wildman–Crippen MR) is 77.6 cm³/mol. The zero-order valence-electron chi connectivity index (χ0n) is 11.6. The van der Waals surface area contributed by atoms with Crippen molar-refractivity contribution in [1.29, 1.82) is 0 Å². The highest BCUT2D eigenvalue weighted by atomic mass is 32.1. The molecule has 0 aliphatic carbocycles. The summed E-state index contributed by atoms with van der Waals surface area (Å²) in [6, 6.07) is 3.65. The Kier molecular flexibility index (Phi) is 5.53. The fraction of sp³-hybridized carbons (Fsp3) is 0.417. The van der Waals surface area contributed by atoms with Crippen molar-refractivity contribution in [2.45, 2.75) is 25.2 Å². The number of thiophene rings is 1. The quantitative estimate of drug-likeness (QED) is 0.624. The lowest BCUT2D eigenvalue weighted by atomic mass is 9.77. The van der Waals surface area contributed by atoms with Crippen molar-refractivity contribution in [3.05, 3.63) is 22.4 Å². The molecule has 1 aromatic heterocycles. The number of hydrogen-bond donors (Lipinski definition) is 3. The number of carboxylic acid groups (broad SMARTS) is 1. The summed E-state index contributed by atoms with van der Waals surface area (Å²) < 4.78 is 4.93. The van der Waals surface area contributed by atoms with Crippen molar-refractivity contribution in [2.75, 3.05) is 6.54 Å². The number of nitrogens with one attached hydrogen (secondary N) is 1. The average Bonchev–Trinajstić information content (AvgIpc) is 2.90. The minimum atomic E-state index is -1.47. The molecule has 0 saturated carbocycles. The number of hydrogen-bond acceptors (Lipinski definition) is 6. The number of hydroxylamine groups is 2. The van der Waals surface area contributed by atoms with Gasteiger partial charge in [0.15, 0.2) is 0 Å². The van der Waals surface area contributed by atoms with Gasteiger partial charge in [-0.05, 0) is 17.9 Å². The molecule has 2 rings (SSSR count). The van der Waals surface area contributed by atoms with Crippen LogP contribution in [0.25, 0.3) is 0 Å². The molecule has 0 unspecified atom stereocenters. The number of carbonyl (C=O) groups is 3. The van der Waals surface area contributed by atoms with E-state index in [4.69, 9.17) is 9.86 Å². The Morgan fingerprint density at radius 1 is 1.55 bits per heavy atom. The maximum atomic E-state index is 11.9. The molecule has 22 heavy (non-hydrogen) atoms. The number of nitrogens with zero attached hydrogens (tertiary/aromatic N) is 1. The fourth-order valence-corrected chi connectivity index (χ4v) is 2.73. The molecule has 0 aromatic carbocycles. The van der Waals surface area contributed by atoms with E-state index in [1.807, 2.05) is 17.5 Å². The van der Waals surface area contributed by atoms with E-state index in [0.717, 1.165) is 4.88 Å². The summed E-state index contributed by atoms with van der Waals surface area (Å²) >= 11 is 1.44. The Balaban J connectivity index is 1.92. The molecule has 118 valence electrons. The summed E-state index contributed by atoms with van der Waals surface area (Å²) in [6.45, 7) is -0.661. The standard InChI is InChI=1S/C12H15BN2O6S/c16-10(6-8-2-1-5-22-8)14-9-3-4-11(17)15(7-12(18)19)21-13(9)20/h1-2,5,9,20H,3-4,6-7H2,(H,14,16)(H,18,19)/t9-/m0/s1. The SMILES string of the molecule is O=C(O)CN1OB(O)[C@@H](NC(=O)Cc2cccs2)CCC1=O. The molecule has 8 nitrogen and oxygen atoms in total. The van der Waals surface area contributed by atoms with Crippen LogP contribution in [0.4, 0.5) is 0 Å². The summed E-state index contributed by atoms with van der Waals surface area (Å²) in [7, 11) is -1.47. The van der Waals surface area contributed by atoms with Gasteiger partial charge in [0.1, 0.15) is 6.54 Å². The topological polar surface area (TPSA) is 116 Å². The molecular weight excluding hydrogens is 311 g/mol. The van der Waals surface area contributed by atoms with E-state index in [9.17, 15) is 19.4 Å². The van der Waals surface area contributed by atoms with Gasteiger partial charge in [-0.15, -0.1) is 11.3 Å². The highest BCUT2D eigenvalue weighted by molar-refractivity contribution is 7.10. The molecule has 1 fully saturated rings. The lowest BCUT2D eigenvalue weighted by Gasteiger charge is -2.21. The summed E-state index contributed by atoms with van der Waals surface area (Å²) in [5.74, 6) is -2.86. The molecule has 3 N–H and O–H groups in total. The summed E-state index contributed by atoms with van der Waals surface area (Å²) in [4.78, 5) is 35.1. The van der Waals surface area contributed by atoms with Crippen LogP contribution >= 0.6 is 11.3 Å². The molecule has 2 heterocycles. The lowest BCUT2D eigenvalue weighted by Crippen LogP contribution is -2.49. The first-order chi connectivity index (χ1) is 10.5. The van der Waals surface area contributed by atoms with Gasteiger partial charge in [0.2, 0.25) is 11.8 Å². The van der Waals surface area contributed by atoms with Crippen LogP contribution < -0.4 is 5.32 Å². The van der Waals surface area contributed by atoms with E-state index in [1.54, 1.807) is 0 Å². The zero-order valence-corrected chi connectivity index (χ0v) is 12.4. The molecular formula is C12H15BN2O6S. The Morgan fingerprint density at radius 2 is 2.32 bits per heavy atom. The number of amides is 2. The van der Waals surface area contributed by atoms with Crippen LogP contribution in [0.3, 0.4) is 0 Å². The highest BCUT2D eigenvalue weighted by Gasteiger charge is 2.37. The van der Waals surface area contributed by atoms with Crippen LogP contribution in [0.15, 0.2) is 17.5 Å². The number of carbonyl (C=O) groups excluding carboxylic acids is 2. The van der Waals surface area contributed by atoms with Gasteiger partial charge in [0, 0.05) is 11.3 Å². The van der Waals surface area contributed by atoms with E-state index in [1.165, 1.54) is 11.3 Å². The third kappa shape index (κ3) is 4.55. The van der Waals surface area contributed by atoms with Gasteiger partial charge in [-0.25, -0.2) is 5.06 Å². The number of rotatable bonds is 5. The van der Waals surface area contributed by atoms with Crippen molar-refractivity contribution < 1.29 is 29.3 Å². The predicted octanol–water partition coefficient (Wildman–Crippen LogP) is -0.566. The van der Waals surface area contributed by atoms with Crippen LogP contribution in [-0.2, 0) is 25.6 Å². The summed E-state index contributed by atoms with van der Waals surface area (Å²) in [5, 5.41) is 23.7. The Bertz CT molecular complexity index is 552. The first kappa shape index (κ1) is 16.5. The molecule has 0 bridgehead atoms. The minimum Gasteiger partial charge on any atom is -0.480 e. The third-order valence-corrected chi connectivity index (χ3v) is 3.94. The van der Waals surface area contributed by atoms with Gasteiger partial charge in [-0.2, -0.15) is 0 Å². The van der Waals surface area contributed by atoms with E-state index in [0.29, 0.717) is 5.06 Å². The molecule has 2 amide bonds. The van der Waals surface area contributed by atoms with Crippen LogP contribution in [-0.4, -0.2) is 52.6 Å². The maximum absolute atomic E-state index is 11.9. The second-order valence-corrected chi connectivity index (χ2v) is 5.82. The molecule has 1 atom stereocenters. The first-order valence-electron chi connectivity index (χ1n) is 6.64. The van der Waals surface area contributed by atoms with Crippen LogP contribution in [0.2, 0.25) is 0 Å². The first-order valence-corrected chi connectivity index (χ1v) is 7.52. The number of carboxylic acids is 1. The maximum Gasteiger partial charge on any atom is 0.502 e. The Labute approximate surface area is 130 Å². The van der Waals surface area contributed by atoms with Gasteiger partial charge >= 0.3 is 13.1 Å². The van der Waals surface area contributed by atoms with Crippen molar-refractivity contribution >= 4 is 36.2 Å². The normalized spacial score (nSPS) is 19.0. The second kappa shape index (κ2) is 7.39. The molecule has 1 saturated heterocycles. The van der Waals surface area contributed by atoms with Crippen molar-refractivity contribution in [2.24, 2.45) is 0 Å². The largest absolute Gasteiger partial charge is 0.502 e. The second-order valence-electron chi connectivity index (χ2n) is 4.79. The van der Waals surface area contributed by atoms with Gasteiger partial charge in [-0.3, -0.25) is 19.1 Å². The number of aliphatic carboxylic acids is 1. The fourth-order valence-electron chi connectivity index (χ4n) is 2.03. The molecule has 10 heteroatoms. The van der Waals surface area contributed by atoms with Crippen LogP contribution in [0.1, 0.15) is 17.7 Å². The molecule has 0 radical (unpaired) electrons. The van der Waals surface area contributed by atoms with Crippen LogP contribution in [0, 0.1) is 0 Å². The van der Waals surface area contributed by atoms with Crippen molar-refractivity contribution in [3.8, 4) is 0 Å². The van der Waals surface area contributed by atoms with E-state index in [2.05, 4.69) is 5.32 Å².